The summed E-state index contributed by atoms with van der Waals surface area (Å²) in [5.74, 6) is -2.10. The SMILES string of the molecule is O=C(N[C@H](Cc1ccccc1C(F)(F)F)C(=O)O)c1cccc(Br)c1. The lowest BCUT2D eigenvalue weighted by Gasteiger charge is -2.18. The van der Waals surface area contributed by atoms with Crippen LogP contribution in [0.15, 0.2) is 53.0 Å². The summed E-state index contributed by atoms with van der Waals surface area (Å²) in [4.78, 5) is 23.6. The van der Waals surface area contributed by atoms with E-state index in [1.54, 1.807) is 12.1 Å². The normalized spacial score (nSPS) is 12.5. The third-order valence-electron chi connectivity index (χ3n) is 3.44. The Labute approximate surface area is 149 Å². The van der Waals surface area contributed by atoms with E-state index in [9.17, 15) is 27.9 Å². The number of halogens is 4. The van der Waals surface area contributed by atoms with E-state index in [4.69, 9.17) is 0 Å². The first-order valence-electron chi connectivity index (χ1n) is 7.13. The molecule has 1 atom stereocenters. The van der Waals surface area contributed by atoms with Gasteiger partial charge in [-0.2, -0.15) is 13.2 Å². The first kappa shape index (κ1) is 19.0. The number of alkyl halides is 3. The van der Waals surface area contributed by atoms with E-state index in [2.05, 4.69) is 21.2 Å². The third-order valence-corrected chi connectivity index (χ3v) is 3.93. The third kappa shape index (κ3) is 5.06. The Kier molecular flexibility index (Phi) is 5.84. The summed E-state index contributed by atoms with van der Waals surface area (Å²) >= 11 is 3.19. The second kappa shape index (κ2) is 7.69. The molecule has 2 aromatic rings. The van der Waals surface area contributed by atoms with Crippen LogP contribution < -0.4 is 5.32 Å². The molecule has 0 aliphatic carbocycles. The van der Waals surface area contributed by atoms with E-state index < -0.39 is 36.1 Å². The second-order valence-corrected chi connectivity index (χ2v) is 6.15. The zero-order valence-corrected chi connectivity index (χ0v) is 14.3. The number of benzene rings is 2. The number of carbonyl (C=O) groups excluding carboxylic acids is 1. The predicted molar refractivity (Wildman–Crippen MR) is 88.2 cm³/mol. The zero-order valence-electron chi connectivity index (χ0n) is 12.7. The topological polar surface area (TPSA) is 66.4 Å². The van der Waals surface area contributed by atoms with E-state index in [0.29, 0.717) is 4.47 Å². The molecule has 0 spiro atoms. The van der Waals surface area contributed by atoms with E-state index in [-0.39, 0.29) is 11.1 Å². The van der Waals surface area contributed by atoms with Gasteiger partial charge in [-0.05, 0) is 29.8 Å². The number of carbonyl (C=O) groups is 2. The molecule has 0 saturated heterocycles. The van der Waals surface area contributed by atoms with E-state index in [1.807, 2.05) is 0 Å². The van der Waals surface area contributed by atoms with Crippen LogP contribution in [0, 0.1) is 0 Å². The van der Waals surface area contributed by atoms with E-state index in [0.717, 1.165) is 6.07 Å². The van der Waals surface area contributed by atoms with Gasteiger partial charge in [0.1, 0.15) is 6.04 Å². The van der Waals surface area contributed by atoms with Gasteiger partial charge >= 0.3 is 12.1 Å². The number of hydrogen-bond acceptors (Lipinski definition) is 2. The summed E-state index contributed by atoms with van der Waals surface area (Å²) < 4.78 is 39.7. The summed E-state index contributed by atoms with van der Waals surface area (Å²) in [5.41, 5.74) is -0.917. The minimum Gasteiger partial charge on any atom is -0.480 e. The fourth-order valence-electron chi connectivity index (χ4n) is 2.27. The van der Waals surface area contributed by atoms with Gasteiger partial charge in [0.05, 0.1) is 5.56 Å². The first-order valence-corrected chi connectivity index (χ1v) is 7.92. The Bertz CT molecular complexity index is 793. The summed E-state index contributed by atoms with van der Waals surface area (Å²) in [6.45, 7) is 0. The van der Waals surface area contributed by atoms with Crippen LogP contribution in [0.5, 0.6) is 0 Å². The van der Waals surface area contributed by atoms with Crippen molar-refractivity contribution in [3.8, 4) is 0 Å². The molecule has 132 valence electrons. The molecule has 4 nitrogen and oxygen atoms in total. The number of carboxylic acids is 1. The summed E-state index contributed by atoms with van der Waals surface area (Å²) in [6.07, 6.45) is -5.08. The summed E-state index contributed by atoms with van der Waals surface area (Å²) in [6, 6.07) is 9.44. The van der Waals surface area contributed by atoms with Gasteiger partial charge in [0.2, 0.25) is 0 Å². The number of amides is 1. The van der Waals surface area contributed by atoms with Crippen molar-refractivity contribution in [2.24, 2.45) is 0 Å². The molecule has 0 radical (unpaired) electrons. The lowest BCUT2D eigenvalue weighted by molar-refractivity contribution is -0.141. The molecule has 25 heavy (non-hydrogen) atoms. The van der Waals surface area contributed by atoms with Crippen LogP contribution in [0.3, 0.4) is 0 Å². The molecular weight excluding hydrogens is 403 g/mol. The Morgan fingerprint density at radius 2 is 1.80 bits per heavy atom. The second-order valence-electron chi connectivity index (χ2n) is 5.23. The Morgan fingerprint density at radius 3 is 2.40 bits per heavy atom. The van der Waals surface area contributed by atoms with Crippen molar-refractivity contribution < 1.29 is 27.9 Å². The number of hydrogen-bond donors (Lipinski definition) is 2. The Morgan fingerprint density at radius 1 is 1.12 bits per heavy atom. The van der Waals surface area contributed by atoms with Gasteiger partial charge in [-0.3, -0.25) is 4.79 Å². The molecule has 2 N–H and O–H groups in total. The Hall–Kier alpha value is -2.35. The fourth-order valence-corrected chi connectivity index (χ4v) is 2.67. The van der Waals surface area contributed by atoms with Gasteiger partial charge < -0.3 is 10.4 Å². The smallest absolute Gasteiger partial charge is 0.416 e. The molecule has 8 heteroatoms. The van der Waals surface area contributed by atoms with Crippen molar-refractivity contribution in [1.82, 2.24) is 5.32 Å². The van der Waals surface area contributed by atoms with Crippen LogP contribution in [-0.4, -0.2) is 23.0 Å². The van der Waals surface area contributed by atoms with Crippen molar-refractivity contribution in [3.05, 3.63) is 69.7 Å². The fraction of sp³-hybridized carbons (Fsp3) is 0.176. The van der Waals surface area contributed by atoms with E-state index >= 15 is 0 Å². The molecule has 0 bridgehead atoms. The maximum atomic E-state index is 13.0. The number of nitrogens with one attached hydrogen (secondary N) is 1. The van der Waals surface area contributed by atoms with Gasteiger partial charge in [-0.1, -0.05) is 40.2 Å². The van der Waals surface area contributed by atoms with Crippen molar-refractivity contribution in [1.29, 1.82) is 0 Å². The van der Waals surface area contributed by atoms with E-state index in [1.165, 1.54) is 30.3 Å². The zero-order chi connectivity index (χ0) is 18.6. The van der Waals surface area contributed by atoms with Crippen molar-refractivity contribution in [3.63, 3.8) is 0 Å². The molecule has 0 saturated carbocycles. The van der Waals surface area contributed by atoms with Gasteiger partial charge in [-0.15, -0.1) is 0 Å². The lowest BCUT2D eigenvalue weighted by Crippen LogP contribution is -2.42. The van der Waals surface area contributed by atoms with Crippen molar-refractivity contribution in [2.75, 3.05) is 0 Å². The van der Waals surface area contributed by atoms with Crippen LogP contribution in [0.25, 0.3) is 0 Å². The molecule has 2 rings (SSSR count). The molecule has 0 unspecified atom stereocenters. The minimum atomic E-state index is -4.60. The highest BCUT2D eigenvalue weighted by Crippen LogP contribution is 2.32. The number of rotatable bonds is 5. The molecule has 0 aliphatic rings. The van der Waals surface area contributed by atoms with Gasteiger partial charge in [-0.25, -0.2) is 4.79 Å². The number of aliphatic carboxylic acids is 1. The Balaban J connectivity index is 2.23. The van der Waals surface area contributed by atoms with Crippen LogP contribution in [0.2, 0.25) is 0 Å². The standard InChI is InChI=1S/C17H13BrF3NO3/c18-12-6-3-5-11(8-12)15(23)22-14(16(24)25)9-10-4-1-2-7-13(10)17(19,20)21/h1-8,14H,9H2,(H,22,23)(H,24,25)/t14-/m1/s1. The maximum Gasteiger partial charge on any atom is 0.416 e. The lowest BCUT2D eigenvalue weighted by atomic mass is 9.99. The highest BCUT2D eigenvalue weighted by atomic mass is 79.9. The van der Waals surface area contributed by atoms with Crippen molar-refractivity contribution in [2.45, 2.75) is 18.6 Å². The van der Waals surface area contributed by atoms with Crippen LogP contribution >= 0.6 is 15.9 Å². The summed E-state index contributed by atoms with van der Waals surface area (Å²) in [5, 5.41) is 11.5. The van der Waals surface area contributed by atoms with Gasteiger partial charge in [0.25, 0.3) is 5.91 Å². The number of carboxylic acid groups (broad SMARTS) is 1. The molecule has 0 fully saturated rings. The predicted octanol–water partition coefficient (Wildman–Crippen LogP) is 3.89. The molecule has 0 aromatic heterocycles. The molecule has 0 heterocycles. The van der Waals surface area contributed by atoms with Gasteiger partial charge in [0.15, 0.2) is 0 Å². The highest BCUT2D eigenvalue weighted by molar-refractivity contribution is 9.10. The first-order chi connectivity index (χ1) is 11.7. The summed E-state index contributed by atoms with van der Waals surface area (Å²) in [7, 11) is 0. The average molecular weight is 416 g/mol. The van der Waals surface area contributed by atoms with Crippen LogP contribution in [-0.2, 0) is 17.4 Å². The van der Waals surface area contributed by atoms with Crippen molar-refractivity contribution >= 4 is 27.8 Å². The molecule has 2 aromatic carbocycles. The van der Waals surface area contributed by atoms with Crippen LogP contribution in [0.4, 0.5) is 13.2 Å². The molecule has 1 amide bonds. The molecule has 0 aliphatic heterocycles. The highest BCUT2D eigenvalue weighted by Gasteiger charge is 2.34. The largest absolute Gasteiger partial charge is 0.480 e. The quantitative estimate of drug-likeness (QED) is 0.778. The van der Waals surface area contributed by atoms with Crippen LogP contribution in [0.1, 0.15) is 21.5 Å². The monoisotopic (exact) mass is 415 g/mol. The maximum absolute atomic E-state index is 13.0. The molecular formula is C17H13BrF3NO3. The average Bonchev–Trinajstić information content (AvgIpc) is 2.53. The minimum absolute atomic E-state index is 0.197. The van der Waals surface area contributed by atoms with Gasteiger partial charge in [0, 0.05) is 16.5 Å².